The van der Waals surface area contributed by atoms with Gasteiger partial charge in [0.05, 0.1) is 17.4 Å². The van der Waals surface area contributed by atoms with Crippen molar-refractivity contribution in [2.24, 2.45) is 18.0 Å². The number of carbonyl (C=O) groups excluding carboxylic acids is 1. The van der Waals surface area contributed by atoms with Gasteiger partial charge in [0.1, 0.15) is 10.3 Å². The fourth-order valence-corrected chi connectivity index (χ4v) is 4.30. The molecule has 4 rings (SSSR count). The summed E-state index contributed by atoms with van der Waals surface area (Å²) < 4.78 is 40.4. The number of nitrogens with zero attached hydrogens (tertiary/aromatic N) is 5. The van der Waals surface area contributed by atoms with Crippen molar-refractivity contribution < 1.29 is 18.0 Å². The van der Waals surface area contributed by atoms with Gasteiger partial charge in [-0.2, -0.15) is 18.3 Å². The molecule has 1 amide bonds. The zero-order valence-electron chi connectivity index (χ0n) is 16.1. The predicted octanol–water partition coefficient (Wildman–Crippen LogP) is 4.98. The van der Waals surface area contributed by atoms with Crippen molar-refractivity contribution in [2.45, 2.75) is 38.3 Å². The zero-order valence-corrected chi connectivity index (χ0v) is 16.9. The Bertz CT molecular complexity index is 1100. The molecule has 0 atom stereocenters. The number of fused-ring (bicyclic) bond motifs is 1. The first-order chi connectivity index (χ1) is 14.3. The number of hydrogen-bond acceptors (Lipinski definition) is 6. The van der Waals surface area contributed by atoms with Crippen LogP contribution >= 0.6 is 11.3 Å². The third-order valence-corrected chi connectivity index (χ3v) is 5.80. The number of thiophene rings is 1. The normalized spacial score (nSPS) is 15.9. The van der Waals surface area contributed by atoms with E-state index in [9.17, 15) is 18.0 Å². The highest BCUT2D eigenvalue weighted by Crippen LogP contribution is 2.34. The fourth-order valence-electron chi connectivity index (χ4n) is 3.47. The van der Waals surface area contributed by atoms with Gasteiger partial charge in [0.2, 0.25) is 0 Å². The molecule has 3 aromatic rings. The van der Waals surface area contributed by atoms with Crippen molar-refractivity contribution in [2.75, 3.05) is 5.32 Å². The number of hydrogen-bond donors (Lipinski definition) is 1. The van der Waals surface area contributed by atoms with Crippen LogP contribution in [0, 0.1) is 5.92 Å². The molecule has 11 heteroatoms. The summed E-state index contributed by atoms with van der Waals surface area (Å²) in [5.74, 6) is 0.0770. The Balaban J connectivity index is 1.58. The molecule has 7 nitrogen and oxygen atoms in total. The number of aliphatic imine (C=N–C) groups is 1. The highest BCUT2D eigenvalue weighted by atomic mass is 32.1. The number of aromatic nitrogens is 4. The minimum absolute atomic E-state index is 0.147. The van der Waals surface area contributed by atoms with Gasteiger partial charge in [0.15, 0.2) is 11.5 Å². The Morgan fingerprint density at radius 2 is 2.10 bits per heavy atom. The van der Waals surface area contributed by atoms with E-state index in [1.54, 1.807) is 0 Å². The van der Waals surface area contributed by atoms with E-state index < -0.39 is 23.5 Å². The third kappa shape index (κ3) is 4.35. The lowest BCUT2D eigenvalue weighted by Gasteiger charge is -2.16. The van der Waals surface area contributed by atoms with Crippen LogP contribution in [0.15, 0.2) is 22.8 Å². The maximum absolute atomic E-state index is 13.1. The number of alkyl halides is 3. The largest absolute Gasteiger partial charge is 0.437 e. The monoisotopic (exact) mass is 436 g/mol. The van der Waals surface area contributed by atoms with Gasteiger partial charge >= 0.3 is 6.18 Å². The molecule has 1 saturated carbocycles. The number of anilines is 1. The van der Waals surface area contributed by atoms with E-state index in [2.05, 4.69) is 25.4 Å². The summed E-state index contributed by atoms with van der Waals surface area (Å²) in [7, 11) is 1.35. The van der Waals surface area contributed by atoms with E-state index in [0.717, 1.165) is 23.7 Å². The third-order valence-electron chi connectivity index (χ3n) is 4.93. The first-order valence-electron chi connectivity index (χ1n) is 9.52. The molecule has 1 aliphatic carbocycles. The van der Waals surface area contributed by atoms with Gasteiger partial charge in [-0.05, 0) is 18.8 Å². The SMILES string of the molecule is Cn1cc(NC(=O)c2csc3ncc(/N=C/C4CCCCC4)nc23)c(C(F)(F)F)n1. The van der Waals surface area contributed by atoms with Crippen LogP contribution in [0.25, 0.3) is 10.3 Å². The summed E-state index contributed by atoms with van der Waals surface area (Å²) in [6.45, 7) is 0. The molecular formula is C19H19F3N6OS. The molecule has 0 unspecified atom stereocenters. The molecule has 3 heterocycles. The quantitative estimate of drug-likeness (QED) is 0.585. The number of nitrogens with one attached hydrogen (secondary N) is 1. The maximum Gasteiger partial charge on any atom is 0.437 e. The van der Waals surface area contributed by atoms with Crippen LogP contribution < -0.4 is 5.32 Å². The van der Waals surface area contributed by atoms with Crippen LogP contribution in [0.1, 0.15) is 48.2 Å². The second kappa shape index (κ2) is 8.13. The van der Waals surface area contributed by atoms with E-state index in [4.69, 9.17) is 0 Å². The molecule has 1 fully saturated rings. The molecule has 158 valence electrons. The van der Waals surface area contributed by atoms with E-state index in [-0.39, 0.29) is 5.56 Å². The summed E-state index contributed by atoms with van der Waals surface area (Å²) in [6.07, 6.45) is 5.65. The standard InChI is InChI=1S/C19H19F3N6OS/c1-28-9-13(16(27-28)19(20,21)22)25-17(29)12-10-30-18-15(12)26-14(8-24-18)23-7-11-5-3-2-4-6-11/h7-11H,2-6H2,1H3,(H,25,29)/b23-7+. The number of amides is 1. The van der Waals surface area contributed by atoms with Crippen molar-refractivity contribution in [1.29, 1.82) is 0 Å². The van der Waals surface area contributed by atoms with Crippen LogP contribution in [-0.2, 0) is 13.2 Å². The van der Waals surface area contributed by atoms with E-state index in [0.29, 0.717) is 22.1 Å². The van der Waals surface area contributed by atoms with Gasteiger partial charge in [0.25, 0.3) is 5.91 Å². The molecule has 0 radical (unpaired) electrons. The Hall–Kier alpha value is -2.82. The Labute approximate surface area is 174 Å². The molecule has 0 saturated heterocycles. The van der Waals surface area contributed by atoms with E-state index in [1.807, 2.05) is 6.21 Å². The van der Waals surface area contributed by atoms with Crippen molar-refractivity contribution >= 4 is 45.3 Å². The minimum Gasteiger partial charge on any atom is -0.319 e. The first kappa shape index (κ1) is 20.5. The lowest BCUT2D eigenvalue weighted by atomic mass is 9.90. The zero-order chi connectivity index (χ0) is 21.3. The topological polar surface area (TPSA) is 85.1 Å². The Kier molecular flexibility index (Phi) is 5.54. The molecule has 30 heavy (non-hydrogen) atoms. The summed E-state index contributed by atoms with van der Waals surface area (Å²) in [4.78, 5) is 26.3. The first-order valence-corrected chi connectivity index (χ1v) is 10.4. The minimum atomic E-state index is -4.68. The molecule has 1 aliphatic rings. The predicted molar refractivity (Wildman–Crippen MR) is 108 cm³/mol. The smallest absolute Gasteiger partial charge is 0.319 e. The Morgan fingerprint density at radius 3 is 2.83 bits per heavy atom. The number of halogens is 3. The van der Waals surface area contributed by atoms with Gasteiger partial charge in [-0.15, -0.1) is 11.3 Å². The van der Waals surface area contributed by atoms with Crippen molar-refractivity contribution in [3.05, 3.63) is 29.0 Å². The maximum atomic E-state index is 13.1. The molecule has 0 aliphatic heterocycles. The molecule has 3 aromatic heterocycles. The van der Waals surface area contributed by atoms with E-state index >= 15 is 0 Å². The van der Waals surface area contributed by atoms with Crippen LogP contribution in [-0.4, -0.2) is 31.9 Å². The molecular weight excluding hydrogens is 417 g/mol. The summed E-state index contributed by atoms with van der Waals surface area (Å²) >= 11 is 1.19. The Morgan fingerprint density at radius 1 is 1.33 bits per heavy atom. The van der Waals surface area contributed by atoms with Gasteiger partial charge in [-0.1, -0.05) is 19.3 Å². The van der Waals surface area contributed by atoms with Gasteiger partial charge < -0.3 is 5.32 Å². The van der Waals surface area contributed by atoms with Crippen LogP contribution in [0.5, 0.6) is 0 Å². The van der Waals surface area contributed by atoms with Gasteiger partial charge in [-0.25, -0.2) is 15.0 Å². The number of aryl methyl sites for hydroxylation is 1. The second-order valence-electron chi connectivity index (χ2n) is 7.22. The molecule has 0 bridgehead atoms. The van der Waals surface area contributed by atoms with Crippen LogP contribution in [0.4, 0.5) is 24.7 Å². The van der Waals surface area contributed by atoms with Crippen molar-refractivity contribution in [1.82, 2.24) is 19.7 Å². The summed E-state index contributed by atoms with van der Waals surface area (Å²) in [5, 5.41) is 7.21. The lowest BCUT2D eigenvalue weighted by molar-refractivity contribution is -0.140. The highest BCUT2D eigenvalue weighted by Gasteiger charge is 2.37. The average Bonchev–Trinajstić information content (AvgIpc) is 3.30. The lowest BCUT2D eigenvalue weighted by Crippen LogP contribution is -2.16. The van der Waals surface area contributed by atoms with E-state index in [1.165, 1.54) is 49.2 Å². The number of rotatable bonds is 4. The molecule has 1 N–H and O–H groups in total. The fraction of sp³-hybridized carbons (Fsp3) is 0.421. The number of carbonyl (C=O) groups is 1. The molecule has 0 aromatic carbocycles. The second-order valence-corrected chi connectivity index (χ2v) is 8.08. The van der Waals surface area contributed by atoms with Gasteiger partial charge in [-0.3, -0.25) is 9.48 Å². The van der Waals surface area contributed by atoms with Crippen molar-refractivity contribution in [3.63, 3.8) is 0 Å². The van der Waals surface area contributed by atoms with Crippen LogP contribution in [0.2, 0.25) is 0 Å². The summed E-state index contributed by atoms with van der Waals surface area (Å²) in [6, 6.07) is 0. The van der Waals surface area contributed by atoms with Crippen molar-refractivity contribution in [3.8, 4) is 0 Å². The molecule has 0 spiro atoms. The van der Waals surface area contributed by atoms with Gasteiger partial charge in [0, 0.05) is 24.8 Å². The highest BCUT2D eigenvalue weighted by molar-refractivity contribution is 7.17. The summed E-state index contributed by atoms with van der Waals surface area (Å²) in [5.41, 5.74) is -1.10. The van der Waals surface area contributed by atoms with Crippen LogP contribution in [0.3, 0.4) is 0 Å². The average molecular weight is 436 g/mol.